The molecule has 0 saturated heterocycles. The molecule has 2 amide bonds. The summed E-state index contributed by atoms with van der Waals surface area (Å²) in [5.41, 5.74) is 0.212. The summed E-state index contributed by atoms with van der Waals surface area (Å²) in [6.45, 7) is 0. The Hall–Kier alpha value is -3.94. The van der Waals surface area contributed by atoms with Gasteiger partial charge in [0, 0.05) is 29.1 Å². The van der Waals surface area contributed by atoms with Crippen molar-refractivity contribution in [2.75, 3.05) is 12.0 Å². The van der Waals surface area contributed by atoms with Gasteiger partial charge in [-0.3, -0.25) is 19.7 Å². The zero-order chi connectivity index (χ0) is 19.3. The quantitative estimate of drug-likeness (QED) is 0.434. The average molecular weight is 364 g/mol. The summed E-state index contributed by atoms with van der Waals surface area (Å²) in [6.07, 6.45) is 0. The number of ether oxygens (including phenoxy) is 1. The lowest BCUT2D eigenvalue weighted by molar-refractivity contribution is -0.384. The van der Waals surface area contributed by atoms with Crippen LogP contribution in [0.15, 0.2) is 48.5 Å². The number of phenolic OH excluding ortho intramolecular Hbond substituents is 1. The van der Waals surface area contributed by atoms with E-state index in [9.17, 15) is 24.8 Å². The maximum atomic E-state index is 13.0. The summed E-state index contributed by atoms with van der Waals surface area (Å²) in [5.74, 6) is -1.32. The van der Waals surface area contributed by atoms with Gasteiger partial charge in [-0.05, 0) is 23.6 Å². The molecular formula is C19H12N2O6. The van der Waals surface area contributed by atoms with Crippen molar-refractivity contribution in [1.82, 2.24) is 0 Å². The molecule has 8 heteroatoms. The average Bonchev–Trinajstić information content (AvgIpc) is 2.65. The van der Waals surface area contributed by atoms with Gasteiger partial charge in [-0.15, -0.1) is 0 Å². The van der Waals surface area contributed by atoms with Gasteiger partial charge in [0.05, 0.1) is 23.3 Å². The molecule has 0 saturated carbocycles. The topological polar surface area (TPSA) is 110 Å². The molecule has 3 aromatic rings. The Morgan fingerprint density at radius 1 is 1.04 bits per heavy atom. The summed E-state index contributed by atoms with van der Waals surface area (Å²) in [5, 5.41) is 22.0. The Morgan fingerprint density at radius 2 is 1.78 bits per heavy atom. The molecule has 8 nitrogen and oxygen atoms in total. The highest BCUT2D eigenvalue weighted by atomic mass is 16.6. The van der Waals surface area contributed by atoms with Crippen LogP contribution >= 0.6 is 0 Å². The predicted octanol–water partition coefficient (Wildman–Crippen LogP) is 3.26. The van der Waals surface area contributed by atoms with E-state index in [4.69, 9.17) is 4.74 Å². The number of imide groups is 1. The molecular weight excluding hydrogens is 352 g/mol. The molecule has 1 aliphatic heterocycles. The first-order chi connectivity index (χ1) is 12.9. The van der Waals surface area contributed by atoms with E-state index < -0.39 is 16.7 Å². The number of amides is 2. The number of rotatable bonds is 3. The first-order valence-corrected chi connectivity index (χ1v) is 7.89. The molecule has 0 spiro atoms. The number of hydrogen-bond donors (Lipinski definition) is 1. The van der Waals surface area contributed by atoms with Crippen LogP contribution in [0.2, 0.25) is 0 Å². The zero-order valence-corrected chi connectivity index (χ0v) is 14.0. The van der Waals surface area contributed by atoms with E-state index in [1.165, 1.54) is 31.4 Å². The fraction of sp³-hybridized carbons (Fsp3) is 0.0526. The fourth-order valence-corrected chi connectivity index (χ4v) is 3.25. The molecule has 1 N–H and O–H groups in total. The van der Waals surface area contributed by atoms with Gasteiger partial charge < -0.3 is 9.84 Å². The maximum Gasteiger partial charge on any atom is 0.270 e. The first kappa shape index (κ1) is 16.5. The van der Waals surface area contributed by atoms with Crippen LogP contribution in [0.5, 0.6) is 11.5 Å². The molecule has 4 rings (SSSR count). The largest absolute Gasteiger partial charge is 0.504 e. The van der Waals surface area contributed by atoms with Crippen molar-refractivity contribution in [2.24, 2.45) is 0 Å². The van der Waals surface area contributed by atoms with Crippen LogP contribution in [-0.4, -0.2) is 29.0 Å². The number of hydrogen-bond acceptors (Lipinski definition) is 6. The third-order valence-electron chi connectivity index (χ3n) is 4.46. The number of methoxy groups -OCH3 is 1. The minimum Gasteiger partial charge on any atom is -0.504 e. The van der Waals surface area contributed by atoms with E-state index in [2.05, 4.69) is 0 Å². The lowest BCUT2D eigenvalue weighted by Gasteiger charge is -2.27. The van der Waals surface area contributed by atoms with Crippen molar-refractivity contribution >= 4 is 34.0 Å². The van der Waals surface area contributed by atoms with Crippen molar-refractivity contribution in [3.63, 3.8) is 0 Å². The number of anilines is 1. The fourth-order valence-electron chi connectivity index (χ4n) is 3.25. The summed E-state index contributed by atoms with van der Waals surface area (Å²) in [4.78, 5) is 37.5. The summed E-state index contributed by atoms with van der Waals surface area (Å²) >= 11 is 0. The van der Waals surface area contributed by atoms with Crippen molar-refractivity contribution in [1.29, 1.82) is 0 Å². The third kappa shape index (κ3) is 2.38. The minimum absolute atomic E-state index is 0.0599. The number of benzene rings is 3. The number of non-ortho nitro benzene ring substituents is 1. The lowest BCUT2D eigenvalue weighted by Crippen LogP contribution is -2.40. The van der Waals surface area contributed by atoms with Gasteiger partial charge in [0.15, 0.2) is 11.5 Å². The highest BCUT2D eigenvalue weighted by molar-refractivity contribution is 6.36. The molecule has 3 aromatic carbocycles. The summed E-state index contributed by atoms with van der Waals surface area (Å²) < 4.78 is 4.97. The SMILES string of the molecule is COc1ccc(N2C(=O)c3cccc4cc([N+](=O)[O-])cc(c34)C2=O)cc1O. The molecule has 134 valence electrons. The highest BCUT2D eigenvalue weighted by Gasteiger charge is 2.35. The Morgan fingerprint density at radius 3 is 2.44 bits per heavy atom. The van der Waals surface area contributed by atoms with Crippen molar-refractivity contribution in [2.45, 2.75) is 0 Å². The lowest BCUT2D eigenvalue weighted by atomic mass is 9.93. The predicted molar refractivity (Wildman–Crippen MR) is 96.4 cm³/mol. The molecule has 0 unspecified atom stereocenters. The smallest absolute Gasteiger partial charge is 0.270 e. The normalized spacial score (nSPS) is 13.1. The Balaban J connectivity index is 1.96. The van der Waals surface area contributed by atoms with Crippen molar-refractivity contribution in [3.05, 3.63) is 69.8 Å². The number of aromatic hydroxyl groups is 1. The van der Waals surface area contributed by atoms with Gasteiger partial charge >= 0.3 is 0 Å². The Kier molecular flexibility index (Phi) is 3.55. The van der Waals surface area contributed by atoms with E-state index in [1.54, 1.807) is 18.2 Å². The van der Waals surface area contributed by atoms with Crippen LogP contribution in [0.4, 0.5) is 11.4 Å². The van der Waals surface area contributed by atoms with E-state index in [1.807, 2.05) is 0 Å². The third-order valence-corrected chi connectivity index (χ3v) is 4.46. The number of carbonyl (C=O) groups excluding carboxylic acids is 2. The molecule has 0 bridgehead atoms. The van der Waals surface area contributed by atoms with Gasteiger partial charge in [-0.1, -0.05) is 12.1 Å². The minimum atomic E-state index is -0.697. The molecule has 1 aliphatic rings. The molecule has 0 atom stereocenters. The number of nitro benzene ring substituents is 1. The van der Waals surface area contributed by atoms with Gasteiger partial charge in [-0.2, -0.15) is 0 Å². The molecule has 0 fully saturated rings. The van der Waals surface area contributed by atoms with E-state index in [-0.39, 0.29) is 34.0 Å². The van der Waals surface area contributed by atoms with E-state index >= 15 is 0 Å². The second-order valence-corrected chi connectivity index (χ2v) is 5.96. The van der Waals surface area contributed by atoms with Crippen LogP contribution in [-0.2, 0) is 0 Å². The first-order valence-electron chi connectivity index (χ1n) is 7.89. The van der Waals surface area contributed by atoms with E-state index in [0.29, 0.717) is 10.8 Å². The molecule has 1 heterocycles. The van der Waals surface area contributed by atoms with Crippen LogP contribution in [0, 0.1) is 10.1 Å². The van der Waals surface area contributed by atoms with Crippen LogP contribution in [0.3, 0.4) is 0 Å². The monoisotopic (exact) mass is 364 g/mol. The van der Waals surface area contributed by atoms with Crippen LogP contribution in [0.25, 0.3) is 10.8 Å². The van der Waals surface area contributed by atoms with Gasteiger partial charge in [0.1, 0.15) is 0 Å². The number of carbonyl (C=O) groups is 2. The molecule has 27 heavy (non-hydrogen) atoms. The van der Waals surface area contributed by atoms with Crippen molar-refractivity contribution in [3.8, 4) is 11.5 Å². The summed E-state index contributed by atoms with van der Waals surface area (Å²) in [7, 11) is 1.38. The van der Waals surface area contributed by atoms with Crippen LogP contribution in [0.1, 0.15) is 20.7 Å². The number of phenols is 1. The number of nitro groups is 1. The van der Waals surface area contributed by atoms with Gasteiger partial charge in [0.25, 0.3) is 17.5 Å². The molecule has 0 aliphatic carbocycles. The Labute approximate surface area is 152 Å². The highest BCUT2D eigenvalue weighted by Crippen LogP contribution is 2.37. The Bertz CT molecular complexity index is 1150. The van der Waals surface area contributed by atoms with Crippen molar-refractivity contribution < 1.29 is 24.4 Å². The van der Waals surface area contributed by atoms with Crippen LogP contribution < -0.4 is 9.64 Å². The molecule has 0 radical (unpaired) electrons. The molecule has 0 aromatic heterocycles. The summed E-state index contributed by atoms with van der Waals surface area (Å²) in [6, 6.07) is 11.4. The van der Waals surface area contributed by atoms with Gasteiger partial charge in [0.2, 0.25) is 0 Å². The zero-order valence-electron chi connectivity index (χ0n) is 14.0. The van der Waals surface area contributed by atoms with Gasteiger partial charge in [-0.25, -0.2) is 4.90 Å². The standard InChI is InChI=1S/C19H12N2O6/c1-27-16-6-5-11(9-15(16)22)20-18(23)13-4-2-3-10-7-12(21(25)26)8-14(17(10)13)19(20)24/h2-9,22H,1H3. The van der Waals surface area contributed by atoms with E-state index in [0.717, 1.165) is 11.0 Å². The maximum absolute atomic E-state index is 13.0. The second kappa shape index (κ2) is 5.80. The number of nitrogens with zero attached hydrogens (tertiary/aromatic N) is 2. The second-order valence-electron chi connectivity index (χ2n) is 5.96.